The SMILES string of the molecule is N=C/C(=C\N)c1ccc2c(c1)OCCc1cc(-c3nnc(N)n3-c3ccccc3Cl)sc1-2. The monoisotopic (exact) mass is 462 g/mol. The molecule has 0 fully saturated rings. The molecule has 2 aromatic carbocycles. The summed E-state index contributed by atoms with van der Waals surface area (Å²) in [6, 6.07) is 15.5. The van der Waals surface area contributed by atoms with E-state index in [0.717, 1.165) is 38.7 Å². The zero-order valence-electron chi connectivity index (χ0n) is 16.9. The highest BCUT2D eigenvalue weighted by Crippen LogP contribution is 2.44. The van der Waals surface area contributed by atoms with Crippen molar-refractivity contribution in [3.8, 4) is 32.6 Å². The van der Waals surface area contributed by atoms with Gasteiger partial charge in [0.2, 0.25) is 5.95 Å². The Kier molecular flexibility index (Phi) is 5.16. The number of thiophene rings is 1. The van der Waals surface area contributed by atoms with E-state index in [1.54, 1.807) is 15.9 Å². The van der Waals surface area contributed by atoms with E-state index >= 15 is 0 Å². The maximum atomic E-state index is 7.56. The van der Waals surface area contributed by atoms with Crippen LogP contribution >= 0.6 is 22.9 Å². The summed E-state index contributed by atoms with van der Waals surface area (Å²) >= 11 is 8.04. The molecule has 0 atom stereocenters. The van der Waals surface area contributed by atoms with E-state index in [1.807, 2.05) is 42.5 Å². The molecule has 1 aliphatic heterocycles. The Morgan fingerprint density at radius 1 is 1.19 bits per heavy atom. The van der Waals surface area contributed by atoms with E-state index < -0.39 is 0 Å². The number of rotatable bonds is 4. The van der Waals surface area contributed by atoms with Crippen LogP contribution in [-0.4, -0.2) is 27.6 Å². The van der Waals surface area contributed by atoms with Crippen LogP contribution in [0.15, 0.2) is 54.7 Å². The van der Waals surface area contributed by atoms with Crippen LogP contribution in [0.3, 0.4) is 0 Å². The Morgan fingerprint density at radius 2 is 2.03 bits per heavy atom. The topological polar surface area (TPSA) is 116 Å². The van der Waals surface area contributed by atoms with Gasteiger partial charge in [0.15, 0.2) is 5.82 Å². The first kappa shape index (κ1) is 20.3. The third-order valence-corrected chi connectivity index (χ3v) is 6.86. The smallest absolute Gasteiger partial charge is 0.227 e. The van der Waals surface area contributed by atoms with Crippen molar-refractivity contribution < 1.29 is 4.74 Å². The number of allylic oxidation sites excluding steroid dienone is 1. The van der Waals surface area contributed by atoms with Crippen molar-refractivity contribution >= 4 is 40.7 Å². The van der Waals surface area contributed by atoms with Crippen LogP contribution < -0.4 is 16.2 Å². The van der Waals surface area contributed by atoms with Gasteiger partial charge in [-0.2, -0.15) is 0 Å². The second-order valence-electron chi connectivity index (χ2n) is 7.21. The van der Waals surface area contributed by atoms with Gasteiger partial charge in [-0.3, -0.25) is 4.57 Å². The molecular formula is C23H19ClN6OS. The molecule has 32 heavy (non-hydrogen) atoms. The number of hydrogen-bond donors (Lipinski definition) is 3. The van der Waals surface area contributed by atoms with Crippen molar-refractivity contribution in [1.82, 2.24) is 14.8 Å². The number of fused-ring (bicyclic) bond motifs is 3. The molecule has 4 aromatic rings. The van der Waals surface area contributed by atoms with E-state index in [9.17, 15) is 0 Å². The molecule has 0 bridgehead atoms. The van der Waals surface area contributed by atoms with Crippen LogP contribution in [0.25, 0.3) is 32.4 Å². The molecule has 5 rings (SSSR count). The maximum Gasteiger partial charge on any atom is 0.227 e. The van der Waals surface area contributed by atoms with Crippen LogP contribution in [0.2, 0.25) is 5.02 Å². The lowest BCUT2D eigenvalue weighted by Gasteiger charge is -2.10. The molecule has 7 nitrogen and oxygen atoms in total. The third-order valence-electron chi connectivity index (χ3n) is 5.33. The summed E-state index contributed by atoms with van der Waals surface area (Å²) < 4.78 is 7.79. The number of halogens is 1. The van der Waals surface area contributed by atoms with Crippen molar-refractivity contribution in [1.29, 1.82) is 5.41 Å². The van der Waals surface area contributed by atoms with Gasteiger partial charge in [0.05, 0.1) is 22.2 Å². The molecule has 160 valence electrons. The van der Waals surface area contributed by atoms with E-state index in [-0.39, 0.29) is 5.95 Å². The fourth-order valence-corrected chi connectivity index (χ4v) is 5.22. The van der Waals surface area contributed by atoms with Gasteiger partial charge in [-0.15, -0.1) is 21.5 Å². The third kappa shape index (κ3) is 3.34. The number of nitrogens with zero attached hydrogens (tertiary/aromatic N) is 3. The molecule has 9 heteroatoms. The number of nitrogens with two attached hydrogens (primary N) is 2. The summed E-state index contributed by atoms with van der Waals surface area (Å²) in [5.41, 5.74) is 16.2. The van der Waals surface area contributed by atoms with Gasteiger partial charge in [-0.05, 0) is 41.5 Å². The Balaban J connectivity index is 1.63. The molecule has 0 saturated carbocycles. The Hall–Kier alpha value is -3.62. The minimum atomic E-state index is 0.276. The van der Waals surface area contributed by atoms with Gasteiger partial charge in [0, 0.05) is 34.8 Å². The molecule has 0 unspecified atom stereocenters. The zero-order chi connectivity index (χ0) is 22.2. The second kappa shape index (κ2) is 8.14. The molecule has 0 saturated heterocycles. The van der Waals surface area contributed by atoms with E-state index in [2.05, 4.69) is 16.3 Å². The quantitative estimate of drug-likeness (QED) is 0.377. The minimum absolute atomic E-state index is 0.276. The summed E-state index contributed by atoms with van der Waals surface area (Å²) in [5.74, 6) is 1.69. The van der Waals surface area contributed by atoms with Crippen molar-refractivity contribution in [3.05, 3.63) is 70.9 Å². The lowest BCUT2D eigenvalue weighted by atomic mass is 10.0. The van der Waals surface area contributed by atoms with Crippen LogP contribution in [0.5, 0.6) is 5.75 Å². The van der Waals surface area contributed by atoms with Crippen molar-refractivity contribution in [2.45, 2.75) is 6.42 Å². The number of nitrogens with one attached hydrogen (secondary N) is 1. The molecule has 0 radical (unpaired) electrons. The number of anilines is 1. The predicted octanol–water partition coefficient (Wildman–Crippen LogP) is 4.78. The first-order valence-corrected chi connectivity index (χ1v) is 11.1. The number of benzene rings is 2. The maximum absolute atomic E-state index is 7.56. The van der Waals surface area contributed by atoms with E-state index in [1.165, 1.54) is 18.0 Å². The molecular weight excluding hydrogens is 444 g/mol. The molecule has 0 spiro atoms. The average molecular weight is 463 g/mol. The summed E-state index contributed by atoms with van der Waals surface area (Å²) in [6.45, 7) is 0.547. The molecule has 1 aliphatic rings. The minimum Gasteiger partial charge on any atom is -0.493 e. The highest BCUT2D eigenvalue weighted by molar-refractivity contribution is 7.19. The Morgan fingerprint density at radius 3 is 2.81 bits per heavy atom. The van der Waals surface area contributed by atoms with Gasteiger partial charge in [0.1, 0.15) is 5.75 Å². The summed E-state index contributed by atoms with van der Waals surface area (Å²) in [7, 11) is 0. The number of ether oxygens (including phenoxy) is 1. The highest BCUT2D eigenvalue weighted by atomic mass is 35.5. The van der Waals surface area contributed by atoms with Gasteiger partial charge in [-0.1, -0.05) is 29.8 Å². The predicted molar refractivity (Wildman–Crippen MR) is 130 cm³/mol. The fraction of sp³-hybridized carbons (Fsp3) is 0.0870. The van der Waals surface area contributed by atoms with Crippen LogP contribution in [0.4, 0.5) is 5.95 Å². The molecule has 3 heterocycles. The average Bonchev–Trinajstić information content (AvgIpc) is 3.34. The summed E-state index contributed by atoms with van der Waals surface area (Å²) in [6.07, 6.45) is 3.42. The first-order valence-electron chi connectivity index (χ1n) is 9.89. The van der Waals surface area contributed by atoms with Crippen LogP contribution in [0.1, 0.15) is 11.1 Å². The van der Waals surface area contributed by atoms with Gasteiger partial charge >= 0.3 is 0 Å². The van der Waals surface area contributed by atoms with E-state index in [4.69, 9.17) is 33.2 Å². The second-order valence-corrected chi connectivity index (χ2v) is 8.67. The number of hydrogen-bond acceptors (Lipinski definition) is 7. The number of aromatic nitrogens is 3. The Bertz CT molecular complexity index is 1370. The van der Waals surface area contributed by atoms with Crippen molar-refractivity contribution in [2.75, 3.05) is 12.3 Å². The van der Waals surface area contributed by atoms with Gasteiger partial charge in [-0.25, -0.2) is 0 Å². The lowest BCUT2D eigenvalue weighted by Crippen LogP contribution is -2.03. The van der Waals surface area contributed by atoms with Crippen LogP contribution in [-0.2, 0) is 6.42 Å². The number of para-hydroxylation sites is 1. The van der Waals surface area contributed by atoms with Gasteiger partial charge in [0.25, 0.3) is 0 Å². The number of nitrogen functional groups attached to an aromatic ring is 1. The normalized spacial score (nSPS) is 13.1. The van der Waals surface area contributed by atoms with Crippen molar-refractivity contribution in [3.63, 3.8) is 0 Å². The largest absolute Gasteiger partial charge is 0.493 e. The first-order chi connectivity index (χ1) is 15.6. The highest BCUT2D eigenvalue weighted by Gasteiger charge is 2.23. The van der Waals surface area contributed by atoms with Gasteiger partial charge < -0.3 is 21.6 Å². The van der Waals surface area contributed by atoms with E-state index in [0.29, 0.717) is 23.0 Å². The Labute approximate surface area is 193 Å². The molecule has 5 N–H and O–H groups in total. The fourth-order valence-electron chi connectivity index (χ4n) is 3.79. The zero-order valence-corrected chi connectivity index (χ0v) is 18.5. The summed E-state index contributed by atoms with van der Waals surface area (Å²) in [5, 5.41) is 16.6. The summed E-state index contributed by atoms with van der Waals surface area (Å²) in [4.78, 5) is 2.05. The molecule has 2 aromatic heterocycles. The van der Waals surface area contributed by atoms with Crippen LogP contribution in [0, 0.1) is 5.41 Å². The lowest BCUT2D eigenvalue weighted by molar-refractivity contribution is 0.326. The molecule has 0 aliphatic carbocycles. The van der Waals surface area contributed by atoms with Crippen molar-refractivity contribution in [2.24, 2.45) is 5.73 Å². The standard InChI is InChI=1S/C23H19ClN6OS/c24-17-3-1-2-4-18(17)30-22(28-29-23(30)27)20-10-14-7-8-31-19-9-13(15(11-25)12-26)5-6-16(19)21(14)32-20/h1-6,9-12,25H,7-8,26H2,(H2,27,29)/b15-12+,25-11?. The molecule has 0 amide bonds.